The van der Waals surface area contributed by atoms with Gasteiger partial charge in [0, 0.05) is 5.57 Å². The Kier molecular flexibility index (Phi) is 3.26. The first-order chi connectivity index (χ1) is 4.63. The average molecular weight is 136 g/mol. The Labute approximate surface area is 61.7 Å². The van der Waals surface area contributed by atoms with Crippen LogP contribution in [-0.4, -0.2) is 5.11 Å². The molecule has 0 fully saturated rings. The van der Waals surface area contributed by atoms with E-state index in [4.69, 9.17) is 5.11 Å². The summed E-state index contributed by atoms with van der Waals surface area (Å²) in [7, 11) is 0. The molecule has 0 atom stereocenters. The quantitative estimate of drug-likeness (QED) is 0.467. The van der Waals surface area contributed by atoms with Crippen molar-refractivity contribution in [2.75, 3.05) is 0 Å². The lowest BCUT2D eigenvalue weighted by Gasteiger charge is -2.00. The molecular formula is C9H12O. The highest BCUT2D eigenvalue weighted by molar-refractivity contribution is 5.40. The van der Waals surface area contributed by atoms with E-state index in [9.17, 15) is 0 Å². The number of aliphatic hydroxyl groups is 1. The van der Waals surface area contributed by atoms with Gasteiger partial charge in [-0.1, -0.05) is 25.8 Å². The van der Waals surface area contributed by atoms with Crippen LogP contribution < -0.4 is 0 Å². The molecule has 0 aliphatic heterocycles. The van der Waals surface area contributed by atoms with Crippen LogP contribution in [-0.2, 0) is 0 Å². The summed E-state index contributed by atoms with van der Waals surface area (Å²) in [5.41, 5.74) is 1.43. The molecule has 0 saturated carbocycles. The molecule has 0 aromatic rings. The maximum Gasteiger partial charge on any atom is 0.122 e. The van der Waals surface area contributed by atoms with Gasteiger partial charge in [-0.25, -0.2) is 0 Å². The summed E-state index contributed by atoms with van der Waals surface area (Å²) >= 11 is 0. The fourth-order valence-electron chi connectivity index (χ4n) is 0.607. The van der Waals surface area contributed by atoms with Crippen LogP contribution in [0.4, 0.5) is 0 Å². The summed E-state index contributed by atoms with van der Waals surface area (Å²) in [5.74, 6) is 0.127. The van der Waals surface area contributed by atoms with E-state index in [0.29, 0.717) is 5.57 Å². The third-order valence-electron chi connectivity index (χ3n) is 1.13. The van der Waals surface area contributed by atoms with Crippen LogP contribution >= 0.6 is 0 Å². The number of hydrogen-bond acceptors (Lipinski definition) is 1. The molecule has 0 heterocycles. The molecule has 0 aromatic carbocycles. The zero-order chi connectivity index (χ0) is 8.15. The molecule has 1 N–H and O–H groups in total. The number of aliphatic hydroxyl groups excluding tert-OH is 1. The van der Waals surface area contributed by atoms with E-state index in [1.54, 1.807) is 13.0 Å². The molecule has 0 spiro atoms. The lowest BCUT2D eigenvalue weighted by atomic mass is 10.1. The summed E-state index contributed by atoms with van der Waals surface area (Å²) in [6.07, 6.45) is 2.92. The van der Waals surface area contributed by atoms with E-state index in [0.717, 1.165) is 5.57 Å². The Bertz CT molecular complexity index is 197. The summed E-state index contributed by atoms with van der Waals surface area (Å²) in [6, 6.07) is 0. The molecule has 0 aromatic heterocycles. The first-order valence-corrected chi connectivity index (χ1v) is 2.97. The van der Waals surface area contributed by atoms with Crippen LogP contribution in [0.5, 0.6) is 0 Å². The SMILES string of the molecule is C=C/C(O)=C(\C=C)C(=C)C. The summed E-state index contributed by atoms with van der Waals surface area (Å²) in [6.45, 7) is 12.4. The van der Waals surface area contributed by atoms with E-state index in [1.807, 2.05) is 0 Å². The average Bonchev–Trinajstić information content (AvgIpc) is 1.88. The van der Waals surface area contributed by atoms with Gasteiger partial charge in [-0.3, -0.25) is 0 Å². The third kappa shape index (κ3) is 1.94. The minimum absolute atomic E-state index is 0.127. The minimum atomic E-state index is 0.127. The number of allylic oxidation sites excluding steroid dienone is 4. The molecule has 0 unspecified atom stereocenters. The molecule has 0 saturated heterocycles. The predicted octanol–water partition coefficient (Wildman–Crippen LogP) is 2.75. The molecular weight excluding hydrogens is 124 g/mol. The monoisotopic (exact) mass is 136 g/mol. The van der Waals surface area contributed by atoms with Gasteiger partial charge in [-0.2, -0.15) is 0 Å². The van der Waals surface area contributed by atoms with Crippen LogP contribution in [0.25, 0.3) is 0 Å². The normalized spacial score (nSPS) is 11.7. The number of hydrogen-bond donors (Lipinski definition) is 1. The molecule has 0 aliphatic carbocycles. The topological polar surface area (TPSA) is 20.2 Å². The van der Waals surface area contributed by atoms with Gasteiger partial charge < -0.3 is 5.11 Å². The van der Waals surface area contributed by atoms with Gasteiger partial charge in [0.05, 0.1) is 0 Å². The molecule has 54 valence electrons. The predicted molar refractivity (Wildman–Crippen MR) is 44.9 cm³/mol. The van der Waals surface area contributed by atoms with Crippen LogP contribution in [0, 0.1) is 0 Å². The second-order valence-corrected chi connectivity index (χ2v) is 1.99. The standard InChI is InChI=1S/C9H12O/c1-5-8(7(3)4)9(10)6-2/h5-6,10H,1-3H2,4H3/b9-8-. The van der Waals surface area contributed by atoms with Crippen molar-refractivity contribution in [2.24, 2.45) is 0 Å². The van der Waals surface area contributed by atoms with Crippen molar-refractivity contribution in [3.05, 3.63) is 48.8 Å². The Morgan fingerprint density at radius 2 is 1.80 bits per heavy atom. The largest absolute Gasteiger partial charge is 0.507 e. The fraction of sp³-hybridized carbons (Fsp3) is 0.111. The van der Waals surface area contributed by atoms with Crippen LogP contribution in [0.2, 0.25) is 0 Å². The second kappa shape index (κ2) is 3.72. The molecule has 10 heavy (non-hydrogen) atoms. The van der Waals surface area contributed by atoms with Gasteiger partial charge in [0.15, 0.2) is 0 Å². The van der Waals surface area contributed by atoms with Crippen LogP contribution in [0.3, 0.4) is 0 Å². The van der Waals surface area contributed by atoms with Crippen molar-refractivity contribution in [1.82, 2.24) is 0 Å². The van der Waals surface area contributed by atoms with Gasteiger partial charge >= 0.3 is 0 Å². The highest BCUT2D eigenvalue weighted by atomic mass is 16.3. The molecule has 0 bridgehead atoms. The first kappa shape index (κ1) is 8.76. The number of rotatable bonds is 3. The zero-order valence-corrected chi connectivity index (χ0v) is 6.22. The van der Waals surface area contributed by atoms with Crippen molar-refractivity contribution < 1.29 is 5.11 Å². The van der Waals surface area contributed by atoms with Crippen LogP contribution in [0.1, 0.15) is 6.92 Å². The van der Waals surface area contributed by atoms with Gasteiger partial charge in [0.1, 0.15) is 5.76 Å². The zero-order valence-electron chi connectivity index (χ0n) is 6.22. The van der Waals surface area contributed by atoms with E-state index >= 15 is 0 Å². The fourth-order valence-corrected chi connectivity index (χ4v) is 0.607. The summed E-state index contributed by atoms with van der Waals surface area (Å²) in [4.78, 5) is 0. The van der Waals surface area contributed by atoms with Gasteiger partial charge in [-0.05, 0) is 18.6 Å². The summed E-state index contributed by atoms with van der Waals surface area (Å²) in [5, 5.41) is 9.12. The van der Waals surface area contributed by atoms with Crippen molar-refractivity contribution >= 4 is 0 Å². The molecule has 1 heteroatoms. The smallest absolute Gasteiger partial charge is 0.122 e. The Morgan fingerprint density at radius 3 is 1.90 bits per heavy atom. The van der Waals surface area contributed by atoms with Crippen molar-refractivity contribution in [3.8, 4) is 0 Å². The van der Waals surface area contributed by atoms with Crippen molar-refractivity contribution in [1.29, 1.82) is 0 Å². The molecule has 0 rings (SSSR count). The highest BCUT2D eigenvalue weighted by Gasteiger charge is 1.96. The summed E-state index contributed by atoms with van der Waals surface area (Å²) < 4.78 is 0. The van der Waals surface area contributed by atoms with E-state index in [1.165, 1.54) is 6.08 Å². The Balaban J connectivity index is 4.79. The molecule has 0 aliphatic rings. The molecule has 0 radical (unpaired) electrons. The van der Waals surface area contributed by atoms with Crippen molar-refractivity contribution in [2.45, 2.75) is 6.92 Å². The second-order valence-electron chi connectivity index (χ2n) is 1.99. The Morgan fingerprint density at radius 1 is 1.30 bits per heavy atom. The van der Waals surface area contributed by atoms with E-state index in [2.05, 4.69) is 19.7 Å². The van der Waals surface area contributed by atoms with Gasteiger partial charge in [-0.15, -0.1) is 0 Å². The van der Waals surface area contributed by atoms with E-state index < -0.39 is 0 Å². The lowest BCUT2D eigenvalue weighted by Crippen LogP contribution is -1.85. The van der Waals surface area contributed by atoms with E-state index in [-0.39, 0.29) is 5.76 Å². The Hall–Kier alpha value is -1.24. The molecule has 0 amide bonds. The highest BCUT2D eigenvalue weighted by Crippen LogP contribution is 2.11. The third-order valence-corrected chi connectivity index (χ3v) is 1.13. The lowest BCUT2D eigenvalue weighted by molar-refractivity contribution is 0.429. The maximum atomic E-state index is 9.12. The van der Waals surface area contributed by atoms with Gasteiger partial charge in [0.25, 0.3) is 0 Å². The first-order valence-electron chi connectivity index (χ1n) is 2.97. The van der Waals surface area contributed by atoms with Crippen LogP contribution in [0.15, 0.2) is 48.8 Å². The molecule has 1 nitrogen and oxygen atoms in total. The maximum absolute atomic E-state index is 9.12. The van der Waals surface area contributed by atoms with Crippen molar-refractivity contribution in [3.63, 3.8) is 0 Å². The minimum Gasteiger partial charge on any atom is -0.507 e. The van der Waals surface area contributed by atoms with Gasteiger partial charge in [0.2, 0.25) is 0 Å².